The molecule has 2 rings (SSSR count). The molecular formula is C30H43Cl2NO4. The molecule has 0 fully saturated rings. The molecule has 0 aliphatic heterocycles. The van der Waals surface area contributed by atoms with Crippen molar-refractivity contribution in [2.75, 3.05) is 38.7 Å². The Labute approximate surface area is 233 Å². The summed E-state index contributed by atoms with van der Waals surface area (Å²) in [7, 11) is 0. The zero-order chi connectivity index (χ0) is 27.4. The van der Waals surface area contributed by atoms with Crippen LogP contribution in [-0.4, -0.2) is 55.7 Å². The molecule has 2 aromatic rings. The van der Waals surface area contributed by atoms with Gasteiger partial charge in [0, 0.05) is 18.9 Å². The number of halogens is 2. The number of nitrogens with zero attached hydrogens (tertiary/aromatic N) is 1. The molecule has 0 amide bonds. The molecule has 0 radical (unpaired) electrons. The number of hydrogen-bond donors (Lipinski definition) is 0. The van der Waals surface area contributed by atoms with Gasteiger partial charge < -0.3 is 19.1 Å². The summed E-state index contributed by atoms with van der Waals surface area (Å²) >= 11 is 12.5. The maximum Gasteiger partial charge on any atom is 0.303 e. The second-order valence-electron chi connectivity index (χ2n) is 9.99. The standard InChI is InChI=1S/C30H43Cl2NO4/c1-7-14-33(15-8-2)16-9-17-35-26-12-10-24(11-13-26)30(5,6)25-18-22(3)29(28(32)19-25)36-21-27(20-31)37-23(4)34/h10-13,18-19,27H,7-9,14-17,20-21H2,1-6H3. The molecule has 0 heterocycles. The largest absolute Gasteiger partial charge is 0.494 e. The van der Waals surface area contributed by atoms with Crippen LogP contribution in [0.3, 0.4) is 0 Å². The minimum Gasteiger partial charge on any atom is -0.494 e. The first-order chi connectivity index (χ1) is 17.6. The quantitative estimate of drug-likeness (QED) is 0.123. The second-order valence-corrected chi connectivity index (χ2v) is 10.7. The summed E-state index contributed by atoms with van der Waals surface area (Å²) in [4.78, 5) is 13.7. The lowest BCUT2D eigenvalue weighted by Gasteiger charge is -2.28. The molecule has 2 aromatic carbocycles. The van der Waals surface area contributed by atoms with Gasteiger partial charge in [-0.05, 0) is 74.2 Å². The SMILES string of the molecule is CCCN(CCC)CCCOc1ccc(C(C)(C)c2cc(C)c(OCC(CCl)OC(C)=O)c(Cl)c2)cc1. The Kier molecular flexibility index (Phi) is 13.1. The fourth-order valence-electron chi connectivity index (χ4n) is 4.38. The van der Waals surface area contributed by atoms with E-state index < -0.39 is 12.1 Å². The summed E-state index contributed by atoms with van der Waals surface area (Å²) in [5, 5.41) is 0.513. The molecule has 1 unspecified atom stereocenters. The fourth-order valence-corrected chi connectivity index (χ4v) is 4.85. The van der Waals surface area contributed by atoms with Crippen molar-refractivity contribution in [1.82, 2.24) is 4.90 Å². The number of carbonyl (C=O) groups excluding carboxylic acids is 1. The van der Waals surface area contributed by atoms with Crippen molar-refractivity contribution in [1.29, 1.82) is 0 Å². The van der Waals surface area contributed by atoms with Crippen LogP contribution >= 0.6 is 23.2 Å². The third kappa shape index (κ3) is 9.70. The molecule has 0 aromatic heterocycles. The molecule has 206 valence electrons. The molecule has 0 aliphatic carbocycles. The zero-order valence-corrected chi connectivity index (χ0v) is 24.8. The third-order valence-electron chi connectivity index (χ3n) is 6.41. The molecule has 0 spiro atoms. The molecule has 5 nitrogen and oxygen atoms in total. The van der Waals surface area contributed by atoms with Crippen molar-refractivity contribution in [3.63, 3.8) is 0 Å². The highest BCUT2D eigenvalue weighted by Crippen LogP contribution is 2.38. The molecule has 0 aliphatic rings. The van der Waals surface area contributed by atoms with Crippen molar-refractivity contribution >= 4 is 29.2 Å². The van der Waals surface area contributed by atoms with Crippen LogP contribution in [0.2, 0.25) is 5.02 Å². The number of hydrogen-bond acceptors (Lipinski definition) is 5. The minimum atomic E-state index is -0.530. The van der Waals surface area contributed by atoms with Crippen LogP contribution in [0.15, 0.2) is 36.4 Å². The van der Waals surface area contributed by atoms with Crippen LogP contribution in [0.25, 0.3) is 0 Å². The van der Waals surface area contributed by atoms with Crippen molar-refractivity contribution in [2.24, 2.45) is 0 Å². The lowest BCUT2D eigenvalue weighted by Crippen LogP contribution is -2.27. The lowest BCUT2D eigenvalue weighted by atomic mass is 9.77. The number of rotatable bonds is 16. The Morgan fingerprint density at radius 1 is 1.00 bits per heavy atom. The first kappa shape index (κ1) is 31.3. The van der Waals surface area contributed by atoms with Crippen LogP contribution in [0.5, 0.6) is 11.5 Å². The Morgan fingerprint density at radius 3 is 2.19 bits per heavy atom. The molecule has 7 heteroatoms. The van der Waals surface area contributed by atoms with E-state index >= 15 is 0 Å². The first-order valence-electron chi connectivity index (χ1n) is 13.2. The van der Waals surface area contributed by atoms with Crippen LogP contribution in [-0.2, 0) is 14.9 Å². The average Bonchev–Trinajstić information content (AvgIpc) is 2.85. The van der Waals surface area contributed by atoms with E-state index in [9.17, 15) is 4.79 Å². The van der Waals surface area contributed by atoms with Gasteiger partial charge in [0.1, 0.15) is 24.2 Å². The van der Waals surface area contributed by atoms with E-state index in [1.165, 1.54) is 19.8 Å². The predicted octanol–water partition coefficient (Wildman–Crippen LogP) is 7.41. The van der Waals surface area contributed by atoms with Gasteiger partial charge in [-0.2, -0.15) is 0 Å². The lowest BCUT2D eigenvalue weighted by molar-refractivity contribution is -0.146. The Morgan fingerprint density at radius 2 is 1.65 bits per heavy atom. The Bertz CT molecular complexity index is 949. The molecule has 1 atom stereocenters. The smallest absolute Gasteiger partial charge is 0.303 e. The van der Waals surface area contributed by atoms with Gasteiger partial charge >= 0.3 is 5.97 Å². The topological polar surface area (TPSA) is 48.0 Å². The van der Waals surface area contributed by atoms with Crippen LogP contribution in [0, 0.1) is 6.92 Å². The minimum absolute atomic E-state index is 0.142. The third-order valence-corrected chi connectivity index (χ3v) is 7.04. The Balaban J connectivity index is 2.02. The predicted molar refractivity (Wildman–Crippen MR) is 154 cm³/mol. The molecule has 0 N–H and O–H groups in total. The highest BCUT2D eigenvalue weighted by atomic mass is 35.5. The van der Waals surface area contributed by atoms with Crippen molar-refractivity contribution in [2.45, 2.75) is 72.3 Å². The summed E-state index contributed by atoms with van der Waals surface area (Å²) in [6, 6.07) is 12.3. The van der Waals surface area contributed by atoms with E-state index in [1.807, 2.05) is 25.1 Å². The molecular weight excluding hydrogens is 509 g/mol. The Hall–Kier alpha value is -1.95. The number of carbonyl (C=O) groups is 1. The average molecular weight is 553 g/mol. The van der Waals surface area contributed by atoms with Gasteiger partial charge in [0.25, 0.3) is 0 Å². The van der Waals surface area contributed by atoms with Gasteiger partial charge in [-0.25, -0.2) is 0 Å². The summed E-state index contributed by atoms with van der Waals surface area (Å²) < 4.78 is 17.1. The van der Waals surface area contributed by atoms with Gasteiger partial charge in [0.15, 0.2) is 0 Å². The number of aryl methyl sites for hydroxylation is 1. The number of alkyl halides is 1. The molecule has 0 bridgehead atoms. The fraction of sp³-hybridized carbons (Fsp3) is 0.567. The summed E-state index contributed by atoms with van der Waals surface area (Å²) in [5.74, 6) is 1.22. The second kappa shape index (κ2) is 15.5. The highest BCUT2D eigenvalue weighted by Gasteiger charge is 2.25. The molecule has 0 saturated heterocycles. The molecule has 37 heavy (non-hydrogen) atoms. The van der Waals surface area contributed by atoms with Crippen molar-refractivity contribution in [3.05, 3.63) is 58.1 Å². The van der Waals surface area contributed by atoms with Gasteiger partial charge in [-0.1, -0.05) is 57.5 Å². The van der Waals surface area contributed by atoms with Crippen LogP contribution in [0.1, 0.15) is 70.6 Å². The first-order valence-corrected chi connectivity index (χ1v) is 14.2. The van der Waals surface area contributed by atoms with Crippen molar-refractivity contribution in [3.8, 4) is 11.5 Å². The van der Waals surface area contributed by atoms with Crippen LogP contribution < -0.4 is 9.47 Å². The number of ether oxygens (including phenoxy) is 3. The maximum absolute atomic E-state index is 11.2. The van der Waals surface area contributed by atoms with E-state index in [0.717, 1.165) is 48.5 Å². The zero-order valence-electron chi connectivity index (χ0n) is 23.2. The van der Waals surface area contributed by atoms with Gasteiger partial charge in [-0.15, -0.1) is 11.6 Å². The monoisotopic (exact) mass is 551 g/mol. The van der Waals surface area contributed by atoms with Crippen LogP contribution in [0.4, 0.5) is 0 Å². The van der Waals surface area contributed by atoms with E-state index in [1.54, 1.807) is 0 Å². The summed E-state index contributed by atoms with van der Waals surface area (Å²) in [5.41, 5.74) is 2.88. The molecule has 0 saturated carbocycles. The van der Waals surface area contributed by atoms with Gasteiger partial charge in [0.05, 0.1) is 17.5 Å². The number of esters is 1. The number of benzene rings is 2. The van der Waals surface area contributed by atoms with E-state index in [4.69, 9.17) is 37.4 Å². The van der Waals surface area contributed by atoms with Crippen molar-refractivity contribution < 1.29 is 19.0 Å². The summed E-state index contributed by atoms with van der Waals surface area (Å²) in [6.45, 7) is 16.3. The van der Waals surface area contributed by atoms with E-state index in [-0.39, 0.29) is 17.9 Å². The highest BCUT2D eigenvalue weighted by molar-refractivity contribution is 6.32. The maximum atomic E-state index is 11.2. The van der Waals surface area contributed by atoms with Gasteiger partial charge in [-0.3, -0.25) is 4.79 Å². The van der Waals surface area contributed by atoms with E-state index in [2.05, 4.69) is 50.8 Å². The van der Waals surface area contributed by atoms with Gasteiger partial charge in [0.2, 0.25) is 0 Å². The summed E-state index contributed by atoms with van der Waals surface area (Å²) in [6.07, 6.45) is 2.86. The van der Waals surface area contributed by atoms with E-state index in [0.29, 0.717) is 17.4 Å². The normalized spacial score (nSPS) is 12.5.